The predicted octanol–water partition coefficient (Wildman–Crippen LogP) is 3.68. The summed E-state index contributed by atoms with van der Waals surface area (Å²) in [6.45, 7) is 5.71. The molecule has 1 atom stereocenters. The maximum Gasteiger partial charge on any atom is 0.282 e. The minimum absolute atomic E-state index is 0.0116. The van der Waals surface area contributed by atoms with Gasteiger partial charge in [-0.3, -0.25) is 14.5 Å². The van der Waals surface area contributed by atoms with E-state index in [2.05, 4.69) is 53.2 Å². The van der Waals surface area contributed by atoms with Crippen LogP contribution in [0.3, 0.4) is 0 Å². The molecule has 0 spiro atoms. The fraction of sp³-hybridized carbons (Fsp3) is 0.320. The molecule has 2 aromatic carbocycles. The predicted molar refractivity (Wildman–Crippen MR) is 127 cm³/mol. The summed E-state index contributed by atoms with van der Waals surface area (Å²) in [5.74, 6) is 0.178. The summed E-state index contributed by atoms with van der Waals surface area (Å²) in [5, 5.41) is 2.38. The van der Waals surface area contributed by atoms with Crippen LogP contribution in [-0.2, 0) is 4.79 Å². The number of rotatable bonds is 4. The van der Waals surface area contributed by atoms with E-state index in [4.69, 9.17) is 0 Å². The van der Waals surface area contributed by atoms with Crippen LogP contribution in [0.1, 0.15) is 21.8 Å². The van der Waals surface area contributed by atoms with Crippen LogP contribution in [0.2, 0.25) is 0 Å². The van der Waals surface area contributed by atoms with Gasteiger partial charge in [-0.05, 0) is 30.2 Å². The average Bonchev–Trinajstić information content (AvgIpc) is 3.49. The lowest BCUT2D eigenvalue weighted by atomic mass is 10.0. The zero-order chi connectivity index (χ0) is 22.1. The molecule has 2 saturated heterocycles. The fourth-order valence-corrected chi connectivity index (χ4v) is 5.20. The Balaban J connectivity index is 1.21. The van der Waals surface area contributed by atoms with Crippen molar-refractivity contribution < 1.29 is 9.59 Å². The number of aryl methyl sites for hydroxylation is 1. The van der Waals surface area contributed by atoms with Gasteiger partial charge in [0.15, 0.2) is 5.01 Å². The molecule has 1 unspecified atom stereocenters. The maximum atomic E-state index is 12.8. The summed E-state index contributed by atoms with van der Waals surface area (Å²) >= 11 is 1.38. The van der Waals surface area contributed by atoms with Gasteiger partial charge >= 0.3 is 0 Å². The van der Waals surface area contributed by atoms with E-state index in [9.17, 15) is 9.59 Å². The molecule has 0 aliphatic carbocycles. The molecule has 7 heteroatoms. The van der Waals surface area contributed by atoms with Crippen LogP contribution >= 0.6 is 11.3 Å². The minimum Gasteiger partial charge on any atom is -0.334 e. The topological polar surface area (TPSA) is 56.8 Å². The van der Waals surface area contributed by atoms with Crippen molar-refractivity contribution in [1.29, 1.82) is 0 Å². The Kier molecular flexibility index (Phi) is 5.76. The Morgan fingerprint density at radius 2 is 1.81 bits per heavy atom. The molecule has 0 saturated carbocycles. The number of hydrogen-bond donors (Lipinski definition) is 0. The van der Waals surface area contributed by atoms with Crippen molar-refractivity contribution in [3.05, 3.63) is 70.7 Å². The normalized spacial score (nSPS) is 19.5. The van der Waals surface area contributed by atoms with Gasteiger partial charge in [-0.1, -0.05) is 42.0 Å². The van der Waals surface area contributed by atoms with Crippen molar-refractivity contribution in [2.45, 2.75) is 19.4 Å². The van der Waals surface area contributed by atoms with E-state index in [-0.39, 0.29) is 17.9 Å². The fourth-order valence-electron chi connectivity index (χ4n) is 4.60. The number of thiazole rings is 1. The van der Waals surface area contributed by atoms with E-state index >= 15 is 0 Å². The number of amides is 2. The Morgan fingerprint density at radius 1 is 1.03 bits per heavy atom. The smallest absolute Gasteiger partial charge is 0.282 e. The highest BCUT2D eigenvalue weighted by Crippen LogP contribution is 2.28. The summed E-state index contributed by atoms with van der Waals surface area (Å²) < 4.78 is 0. The summed E-state index contributed by atoms with van der Waals surface area (Å²) in [5.41, 5.74) is 4.53. The van der Waals surface area contributed by atoms with Crippen LogP contribution in [0.5, 0.6) is 0 Å². The zero-order valence-electron chi connectivity index (χ0n) is 18.1. The first-order valence-electron chi connectivity index (χ1n) is 11.0. The Bertz CT molecular complexity index is 1110. The lowest BCUT2D eigenvalue weighted by Crippen LogP contribution is -2.52. The second-order valence-corrected chi connectivity index (χ2v) is 9.34. The number of carbonyl (C=O) groups is 2. The molecule has 2 amide bonds. The van der Waals surface area contributed by atoms with Crippen molar-refractivity contribution in [3.8, 4) is 11.1 Å². The van der Waals surface area contributed by atoms with Gasteiger partial charge in [-0.25, -0.2) is 4.98 Å². The minimum atomic E-state index is 0.0116. The van der Waals surface area contributed by atoms with Crippen molar-refractivity contribution in [2.75, 3.05) is 37.6 Å². The first kappa shape index (κ1) is 20.8. The molecule has 3 aromatic rings. The van der Waals surface area contributed by atoms with Crippen molar-refractivity contribution in [2.24, 2.45) is 0 Å². The lowest BCUT2D eigenvalue weighted by molar-refractivity contribution is -0.117. The molecule has 1 aromatic heterocycles. The second-order valence-electron chi connectivity index (χ2n) is 8.44. The molecule has 2 aliphatic heterocycles. The monoisotopic (exact) mass is 446 g/mol. The Morgan fingerprint density at radius 3 is 2.50 bits per heavy atom. The first-order valence-corrected chi connectivity index (χ1v) is 11.9. The third kappa shape index (κ3) is 4.18. The standard InChI is InChI=1S/C25H26N4O2S/c1-18-3-2-4-20(15-18)19-5-7-21(8-6-19)29-17-22(16-23(29)30)27-10-12-28(13-11-27)25(31)24-26-9-14-32-24/h2-9,14-15,22H,10-13,16-17H2,1H3. The van der Waals surface area contributed by atoms with Gasteiger partial charge in [0.05, 0.1) is 0 Å². The molecule has 3 heterocycles. The summed E-state index contributed by atoms with van der Waals surface area (Å²) in [6.07, 6.45) is 2.19. The zero-order valence-corrected chi connectivity index (χ0v) is 18.9. The van der Waals surface area contributed by atoms with E-state index < -0.39 is 0 Å². The molecular weight excluding hydrogens is 420 g/mol. The van der Waals surface area contributed by atoms with Crippen molar-refractivity contribution >= 4 is 28.8 Å². The molecular formula is C25H26N4O2S. The number of benzene rings is 2. The van der Waals surface area contributed by atoms with Crippen molar-refractivity contribution in [1.82, 2.24) is 14.8 Å². The molecule has 0 radical (unpaired) electrons. The maximum absolute atomic E-state index is 12.8. The van der Waals surface area contributed by atoms with Crippen LogP contribution in [0.25, 0.3) is 11.1 Å². The molecule has 32 heavy (non-hydrogen) atoms. The van der Waals surface area contributed by atoms with E-state index in [0.29, 0.717) is 31.1 Å². The third-order valence-corrected chi connectivity index (χ3v) is 7.13. The molecule has 2 aliphatic rings. The van der Waals surface area contributed by atoms with Gasteiger partial charge < -0.3 is 9.80 Å². The van der Waals surface area contributed by atoms with Gasteiger partial charge in [0.25, 0.3) is 5.91 Å². The van der Waals surface area contributed by atoms with E-state index in [1.54, 1.807) is 6.20 Å². The van der Waals surface area contributed by atoms with Crippen LogP contribution in [0, 0.1) is 6.92 Å². The Labute approximate surface area is 192 Å². The highest BCUT2D eigenvalue weighted by atomic mass is 32.1. The van der Waals surface area contributed by atoms with Gasteiger partial charge in [0, 0.05) is 62.5 Å². The molecule has 5 rings (SSSR count). The summed E-state index contributed by atoms with van der Waals surface area (Å²) in [4.78, 5) is 35.6. The Hall–Kier alpha value is -3.03. The van der Waals surface area contributed by atoms with Crippen LogP contribution < -0.4 is 4.90 Å². The molecule has 164 valence electrons. The molecule has 6 nitrogen and oxygen atoms in total. The summed E-state index contributed by atoms with van der Waals surface area (Å²) in [7, 11) is 0. The van der Waals surface area contributed by atoms with E-state index in [1.807, 2.05) is 27.3 Å². The second kappa shape index (κ2) is 8.84. The number of carbonyl (C=O) groups excluding carboxylic acids is 2. The number of anilines is 1. The van der Waals surface area contributed by atoms with Gasteiger partial charge in [-0.2, -0.15) is 0 Å². The van der Waals surface area contributed by atoms with E-state index in [1.165, 1.54) is 22.5 Å². The number of nitrogens with zero attached hydrogens (tertiary/aromatic N) is 4. The quantitative estimate of drug-likeness (QED) is 0.614. The van der Waals surface area contributed by atoms with Crippen LogP contribution in [-0.4, -0.2) is 65.4 Å². The van der Waals surface area contributed by atoms with E-state index in [0.717, 1.165) is 24.3 Å². The van der Waals surface area contributed by atoms with Gasteiger partial charge in [0.1, 0.15) is 0 Å². The van der Waals surface area contributed by atoms with Gasteiger partial charge in [-0.15, -0.1) is 11.3 Å². The van der Waals surface area contributed by atoms with Crippen molar-refractivity contribution in [3.63, 3.8) is 0 Å². The number of aromatic nitrogens is 1. The molecule has 2 fully saturated rings. The lowest BCUT2D eigenvalue weighted by Gasteiger charge is -2.37. The van der Waals surface area contributed by atoms with Crippen LogP contribution in [0.4, 0.5) is 5.69 Å². The molecule has 0 N–H and O–H groups in total. The number of piperazine rings is 1. The highest BCUT2D eigenvalue weighted by Gasteiger charge is 2.36. The third-order valence-electron chi connectivity index (χ3n) is 6.37. The SMILES string of the molecule is Cc1cccc(-c2ccc(N3CC(N4CCN(C(=O)c5nccs5)CC4)CC3=O)cc2)c1. The largest absolute Gasteiger partial charge is 0.334 e. The highest BCUT2D eigenvalue weighted by molar-refractivity contribution is 7.11. The number of hydrogen-bond acceptors (Lipinski definition) is 5. The van der Waals surface area contributed by atoms with Crippen LogP contribution in [0.15, 0.2) is 60.1 Å². The average molecular weight is 447 g/mol. The first-order chi connectivity index (χ1) is 15.6. The van der Waals surface area contributed by atoms with Gasteiger partial charge in [0.2, 0.25) is 5.91 Å². The summed E-state index contributed by atoms with van der Waals surface area (Å²) in [6, 6.07) is 16.9. The molecule has 0 bridgehead atoms.